The molecule has 1 amide bonds. The predicted molar refractivity (Wildman–Crippen MR) is 131 cm³/mol. The Balaban J connectivity index is 1.22. The second-order valence-corrected chi connectivity index (χ2v) is 11.6. The Morgan fingerprint density at radius 3 is 2.38 bits per heavy atom. The van der Waals surface area contributed by atoms with Gasteiger partial charge in [0.15, 0.2) is 0 Å². The van der Waals surface area contributed by atoms with Gasteiger partial charge in [-0.2, -0.15) is 4.31 Å². The maximum atomic E-state index is 13.3. The summed E-state index contributed by atoms with van der Waals surface area (Å²) in [5, 5.41) is 0. The molecule has 0 saturated carbocycles. The molecule has 0 N–H and O–H groups in total. The Bertz CT molecular complexity index is 1170. The van der Waals surface area contributed by atoms with Crippen molar-refractivity contribution in [3.05, 3.63) is 58.7 Å². The van der Waals surface area contributed by atoms with Crippen LogP contribution in [0.2, 0.25) is 0 Å². The van der Waals surface area contributed by atoms with E-state index in [4.69, 9.17) is 4.74 Å². The highest BCUT2D eigenvalue weighted by Gasteiger charge is 2.35. The maximum Gasteiger partial charge on any atom is 0.243 e. The molecule has 3 aliphatic rings. The summed E-state index contributed by atoms with van der Waals surface area (Å²) in [6.07, 6.45) is 6.29. The summed E-state index contributed by atoms with van der Waals surface area (Å²) >= 11 is 0. The zero-order chi connectivity index (χ0) is 23.7. The number of amides is 1. The Morgan fingerprint density at radius 1 is 0.912 bits per heavy atom. The van der Waals surface area contributed by atoms with Gasteiger partial charge >= 0.3 is 0 Å². The maximum absolute atomic E-state index is 13.3. The van der Waals surface area contributed by atoms with Gasteiger partial charge in [0.1, 0.15) is 5.75 Å². The third kappa shape index (κ3) is 4.60. The summed E-state index contributed by atoms with van der Waals surface area (Å²) < 4.78 is 33.8. The zero-order valence-electron chi connectivity index (χ0n) is 20.0. The molecule has 0 aromatic heterocycles. The smallest absolute Gasteiger partial charge is 0.243 e. The molecule has 2 aliphatic heterocycles. The van der Waals surface area contributed by atoms with Crippen molar-refractivity contribution in [2.75, 3.05) is 26.2 Å². The van der Waals surface area contributed by atoms with E-state index < -0.39 is 10.0 Å². The molecule has 6 nitrogen and oxygen atoms in total. The number of rotatable bonds is 5. The van der Waals surface area contributed by atoms with Crippen molar-refractivity contribution >= 4 is 15.9 Å². The highest BCUT2D eigenvalue weighted by molar-refractivity contribution is 7.89. The van der Waals surface area contributed by atoms with Crippen LogP contribution in [0.25, 0.3) is 0 Å². The van der Waals surface area contributed by atoms with Crippen molar-refractivity contribution in [1.82, 2.24) is 9.21 Å². The van der Waals surface area contributed by atoms with Crippen molar-refractivity contribution in [2.24, 2.45) is 5.92 Å². The number of piperidine rings is 1. The lowest BCUT2D eigenvalue weighted by Gasteiger charge is -2.36. The Hall–Kier alpha value is -2.38. The van der Waals surface area contributed by atoms with Crippen molar-refractivity contribution in [3.8, 4) is 5.75 Å². The number of carbonyl (C=O) groups excluding carboxylic acids is 1. The number of carbonyl (C=O) groups is 1. The molecular weight excluding hydrogens is 448 g/mol. The Labute approximate surface area is 203 Å². The van der Waals surface area contributed by atoms with Gasteiger partial charge in [0, 0.05) is 32.1 Å². The molecule has 1 saturated heterocycles. The van der Waals surface area contributed by atoms with Crippen LogP contribution in [0.3, 0.4) is 0 Å². The quantitative estimate of drug-likeness (QED) is 0.647. The molecule has 0 spiro atoms. The lowest BCUT2D eigenvalue weighted by atomic mass is 9.92. The summed E-state index contributed by atoms with van der Waals surface area (Å²) in [7, 11) is -3.53. The summed E-state index contributed by atoms with van der Waals surface area (Å²) in [5.41, 5.74) is 4.89. The van der Waals surface area contributed by atoms with Gasteiger partial charge < -0.3 is 9.64 Å². The Morgan fingerprint density at radius 2 is 1.62 bits per heavy atom. The average molecular weight is 483 g/mol. The van der Waals surface area contributed by atoms with E-state index in [-0.39, 0.29) is 11.8 Å². The van der Waals surface area contributed by atoms with Gasteiger partial charge in [0.2, 0.25) is 15.9 Å². The standard InChI is InChI=1S/C27H34N2O4S/c1-2-33-25-9-7-21-11-14-28(19-24(21)17-25)27(30)22-12-15-29(16-13-22)34(31,32)26-10-8-20-5-3-4-6-23(20)18-26/h7-10,17-18,22H,2-6,11-16,19H2,1H3. The van der Waals surface area contributed by atoms with Gasteiger partial charge in [-0.25, -0.2) is 8.42 Å². The SMILES string of the molecule is CCOc1ccc2c(c1)CN(C(=O)C1CCN(S(=O)(=O)c3ccc4c(c3)CCCC4)CC1)CC2. The fourth-order valence-electron chi connectivity index (χ4n) is 5.60. The normalized spacial score (nSPS) is 19.4. The second kappa shape index (κ2) is 9.70. The van der Waals surface area contributed by atoms with Gasteiger partial charge in [-0.1, -0.05) is 12.1 Å². The van der Waals surface area contributed by atoms with Gasteiger partial charge in [-0.15, -0.1) is 0 Å². The summed E-state index contributed by atoms with van der Waals surface area (Å²) in [4.78, 5) is 15.6. The van der Waals surface area contributed by atoms with Crippen LogP contribution in [-0.2, 0) is 40.6 Å². The monoisotopic (exact) mass is 482 g/mol. The molecule has 182 valence electrons. The minimum Gasteiger partial charge on any atom is -0.494 e. The second-order valence-electron chi connectivity index (χ2n) is 9.69. The van der Waals surface area contributed by atoms with Gasteiger partial charge in [0.05, 0.1) is 11.5 Å². The van der Waals surface area contributed by atoms with Crippen LogP contribution in [-0.4, -0.2) is 49.8 Å². The number of hydrogen-bond donors (Lipinski definition) is 0. The molecule has 0 bridgehead atoms. The van der Waals surface area contributed by atoms with E-state index in [1.807, 2.05) is 36.1 Å². The van der Waals surface area contributed by atoms with Gasteiger partial charge in [0.25, 0.3) is 0 Å². The number of hydrogen-bond acceptors (Lipinski definition) is 4. The summed E-state index contributed by atoms with van der Waals surface area (Å²) in [6, 6.07) is 11.8. The van der Waals surface area contributed by atoms with Crippen LogP contribution >= 0.6 is 0 Å². The predicted octanol–water partition coefficient (Wildman–Crippen LogP) is 3.95. The molecule has 0 unspecified atom stereocenters. The van der Waals surface area contributed by atoms with E-state index in [9.17, 15) is 13.2 Å². The molecule has 1 aliphatic carbocycles. The average Bonchev–Trinajstić information content (AvgIpc) is 2.88. The first-order valence-corrected chi connectivity index (χ1v) is 14.0. The molecule has 7 heteroatoms. The van der Waals surface area contributed by atoms with Gasteiger partial charge in [-0.3, -0.25) is 4.79 Å². The molecule has 0 atom stereocenters. The third-order valence-electron chi connectivity index (χ3n) is 7.57. The van der Waals surface area contributed by atoms with Crippen LogP contribution in [0.15, 0.2) is 41.3 Å². The van der Waals surface area contributed by atoms with E-state index in [0.717, 1.165) is 37.0 Å². The first-order chi connectivity index (χ1) is 16.5. The number of aryl methyl sites for hydroxylation is 2. The molecule has 0 radical (unpaired) electrons. The van der Waals surface area contributed by atoms with Crippen LogP contribution in [0, 0.1) is 5.92 Å². The number of fused-ring (bicyclic) bond motifs is 2. The van der Waals surface area contributed by atoms with Gasteiger partial charge in [-0.05, 0) is 98.4 Å². The molecule has 34 heavy (non-hydrogen) atoms. The number of nitrogens with zero attached hydrogens (tertiary/aromatic N) is 2. The molecule has 2 aromatic rings. The minimum atomic E-state index is -3.53. The molecule has 2 aromatic carbocycles. The van der Waals surface area contributed by atoms with E-state index >= 15 is 0 Å². The largest absolute Gasteiger partial charge is 0.494 e. The van der Waals surface area contributed by atoms with Crippen LogP contribution in [0.5, 0.6) is 5.75 Å². The summed E-state index contributed by atoms with van der Waals surface area (Å²) in [5.74, 6) is 0.876. The molecular formula is C27H34N2O4S. The fraction of sp³-hybridized carbons (Fsp3) is 0.519. The molecule has 5 rings (SSSR count). The number of ether oxygens (including phenoxy) is 1. The zero-order valence-corrected chi connectivity index (χ0v) is 20.8. The van der Waals surface area contributed by atoms with E-state index in [1.165, 1.54) is 23.1 Å². The summed E-state index contributed by atoms with van der Waals surface area (Å²) in [6.45, 7) is 4.70. The molecule has 1 fully saturated rings. The number of benzene rings is 2. The third-order valence-corrected chi connectivity index (χ3v) is 9.47. The van der Waals surface area contributed by atoms with Crippen molar-refractivity contribution < 1.29 is 17.9 Å². The first kappa shape index (κ1) is 23.4. The van der Waals surface area contributed by atoms with E-state index in [1.54, 1.807) is 10.4 Å². The van der Waals surface area contributed by atoms with Crippen LogP contribution in [0.1, 0.15) is 54.9 Å². The lowest BCUT2D eigenvalue weighted by Crippen LogP contribution is -2.45. The van der Waals surface area contributed by atoms with Crippen molar-refractivity contribution in [1.29, 1.82) is 0 Å². The minimum absolute atomic E-state index is 0.119. The van der Waals surface area contributed by atoms with Crippen LogP contribution < -0.4 is 4.74 Å². The number of sulfonamides is 1. The lowest BCUT2D eigenvalue weighted by molar-refractivity contribution is -0.137. The first-order valence-electron chi connectivity index (χ1n) is 12.6. The molecule has 2 heterocycles. The van der Waals surface area contributed by atoms with E-state index in [0.29, 0.717) is 50.5 Å². The van der Waals surface area contributed by atoms with Crippen molar-refractivity contribution in [3.63, 3.8) is 0 Å². The fourth-order valence-corrected chi connectivity index (χ4v) is 7.12. The highest BCUT2D eigenvalue weighted by atomic mass is 32.2. The van der Waals surface area contributed by atoms with E-state index in [2.05, 4.69) is 6.07 Å². The topological polar surface area (TPSA) is 66.9 Å². The highest BCUT2D eigenvalue weighted by Crippen LogP contribution is 2.30. The van der Waals surface area contributed by atoms with Crippen molar-refractivity contribution in [2.45, 2.75) is 63.3 Å². The Kier molecular flexibility index (Phi) is 6.67. The van der Waals surface area contributed by atoms with Crippen LogP contribution in [0.4, 0.5) is 0 Å².